The summed E-state index contributed by atoms with van der Waals surface area (Å²) >= 11 is 0. The van der Waals surface area contributed by atoms with Gasteiger partial charge in [0.05, 0.1) is 0 Å². The Morgan fingerprint density at radius 1 is 1.21 bits per heavy atom. The zero-order valence-electron chi connectivity index (χ0n) is 19.9. The Morgan fingerprint density at radius 2 is 1.97 bits per heavy atom. The summed E-state index contributed by atoms with van der Waals surface area (Å²) in [6.45, 7) is 4.09. The first-order valence-electron chi connectivity index (χ1n) is 12.3. The van der Waals surface area contributed by atoms with E-state index in [-0.39, 0.29) is 30.6 Å². The Bertz CT molecular complexity index is 905. The third-order valence-corrected chi connectivity index (χ3v) is 7.16. The second-order valence-electron chi connectivity index (χ2n) is 9.28. The summed E-state index contributed by atoms with van der Waals surface area (Å²) in [5.74, 6) is -0.160. The molecule has 3 atom stereocenters. The van der Waals surface area contributed by atoms with Gasteiger partial charge in [0.1, 0.15) is 6.04 Å². The van der Waals surface area contributed by atoms with Gasteiger partial charge in [-0.05, 0) is 56.7 Å². The van der Waals surface area contributed by atoms with E-state index < -0.39 is 6.04 Å². The topological polar surface area (TPSA) is 133 Å². The van der Waals surface area contributed by atoms with Crippen molar-refractivity contribution in [3.8, 4) is 0 Å². The van der Waals surface area contributed by atoms with E-state index in [0.29, 0.717) is 30.5 Å². The summed E-state index contributed by atoms with van der Waals surface area (Å²) in [5.41, 5.74) is 8.79. The van der Waals surface area contributed by atoms with Gasteiger partial charge in [-0.15, -0.1) is 0 Å². The summed E-state index contributed by atoms with van der Waals surface area (Å²) in [6.07, 6.45) is 7.50. The Balaban J connectivity index is 0.00000103. The molecular formula is C25H36N4O5. The van der Waals surface area contributed by atoms with Gasteiger partial charge in [-0.3, -0.25) is 24.5 Å². The Morgan fingerprint density at radius 3 is 2.62 bits per heavy atom. The Kier molecular flexibility index (Phi) is 9.04. The SMILES string of the molecule is CCCCCN(c1cccc2c1CN(C1CCC(=O)NC1=O)C2=O)[C@@H]1CC[C@H](CN)C1.O=CO. The van der Waals surface area contributed by atoms with Gasteiger partial charge in [0.25, 0.3) is 12.4 Å². The molecule has 1 saturated carbocycles. The molecule has 186 valence electrons. The van der Waals surface area contributed by atoms with Crippen LogP contribution in [0.25, 0.3) is 0 Å². The molecule has 9 nitrogen and oxygen atoms in total. The molecule has 4 N–H and O–H groups in total. The molecule has 0 radical (unpaired) electrons. The number of carboxylic acid groups (broad SMARTS) is 1. The van der Waals surface area contributed by atoms with E-state index in [1.54, 1.807) is 4.90 Å². The van der Waals surface area contributed by atoms with E-state index in [9.17, 15) is 14.4 Å². The van der Waals surface area contributed by atoms with E-state index in [1.807, 2.05) is 12.1 Å². The molecule has 9 heteroatoms. The number of nitrogens with two attached hydrogens (primary N) is 1. The normalized spacial score (nSPS) is 23.8. The van der Waals surface area contributed by atoms with Gasteiger partial charge in [0, 0.05) is 42.4 Å². The Hall–Kier alpha value is -2.94. The molecule has 0 aromatic heterocycles. The third kappa shape index (κ3) is 5.58. The highest BCUT2D eigenvalue weighted by Gasteiger charge is 2.41. The highest BCUT2D eigenvalue weighted by atomic mass is 16.3. The molecule has 3 amide bonds. The first-order chi connectivity index (χ1) is 16.4. The van der Waals surface area contributed by atoms with Gasteiger partial charge in [-0.2, -0.15) is 0 Å². The Labute approximate surface area is 200 Å². The second kappa shape index (κ2) is 12.0. The standard InChI is InChI=1S/C24H34N4O3.CH2O2/c1-2-3-4-12-27(17-9-8-16(13-17)14-25)20-7-5-6-18-19(20)15-28(24(18)31)21-10-11-22(29)26-23(21)30;2-1-3/h5-7,16-17,21H,2-4,8-15,25H2,1H3,(H,26,29,30);1H,(H,2,3)/t16-,17+,21?;/m0./s1. The molecule has 0 bridgehead atoms. The maximum atomic E-state index is 13.2. The van der Waals surface area contributed by atoms with Crippen LogP contribution in [0.1, 0.15) is 74.2 Å². The number of fused-ring (bicyclic) bond motifs is 1. The maximum absolute atomic E-state index is 13.2. The molecule has 4 rings (SSSR count). The average Bonchev–Trinajstić information content (AvgIpc) is 3.42. The summed E-state index contributed by atoms with van der Waals surface area (Å²) in [4.78, 5) is 49.7. The molecule has 1 unspecified atom stereocenters. The van der Waals surface area contributed by atoms with Gasteiger partial charge in [0.2, 0.25) is 11.8 Å². The second-order valence-corrected chi connectivity index (χ2v) is 9.28. The van der Waals surface area contributed by atoms with E-state index in [2.05, 4.69) is 23.2 Å². The lowest BCUT2D eigenvalue weighted by Crippen LogP contribution is -2.52. The van der Waals surface area contributed by atoms with Crippen LogP contribution in [0.15, 0.2) is 18.2 Å². The van der Waals surface area contributed by atoms with Crippen molar-refractivity contribution in [1.82, 2.24) is 10.2 Å². The smallest absolute Gasteiger partial charge is 0.290 e. The molecule has 1 saturated heterocycles. The van der Waals surface area contributed by atoms with Gasteiger partial charge >= 0.3 is 0 Å². The van der Waals surface area contributed by atoms with Gasteiger partial charge in [-0.25, -0.2) is 0 Å². The number of benzene rings is 1. The molecule has 0 spiro atoms. The fourth-order valence-corrected chi connectivity index (χ4v) is 5.42. The van der Waals surface area contributed by atoms with Crippen LogP contribution >= 0.6 is 0 Å². The van der Waals surface area contributed by atoms with Crippen LogP contribution < -0.4 is 16.0 Å². The van der Waals surface area contributed by atoms with Crippen LogP contribution in [0.2, 0.25) is 0 Å². The number of nitrogens with zero attached hydrogens (tertiary/aromatic N) is 2. The molecule has 2 aliphatic heterocycles. The van der Waals surface area contributed by atoms with Crippen LogP contribution in [0, 0.1) is 5.92 Å². The fraction of sp³-hybridized carbons (Fsp3) is 0.600. The number of rotatable bonds is 8. The van der Waals surface area contributed by atoms with Crippen molar-refractivity contribution in [2.75, 3.05) is 18.0 Å². The lowest BCUT2D eigenvalue weighted by molar-refractivity contribution is -0.137. The number of carbonyl (C=O) groups is 4. The predicted octanol–water partition coefficient (Wildman–Crippen LogP) is 2.27. The number of amides is 3. The fourth-order valence-electron chi connectivity index (χ4n) is 5.42. The van der Waals surface area contributed by atoms with Crippen molar-refractivity contribution < 1.29 is 24.3 Å². The highest BCUT2D eigenvalue weighted by Crippen LogP contribution is 2.38. The number of imide groups is 1. The summed E-state index contributed by atoms with van der Waals surface area (Å²) < 4.78 is 0. The van der Waals surface area contributed by atoms with Crippen molar-refractivity contribution in [3.63, 3.8) is 0 Å². The van der Waals surface area contributed by atoms with Crippen molar-refractivity contribution in [2.45, 2.75) is 76.9 Å². The number of nitrogens with one attached hydrogen (secondary N) is 1. The van der Waals surface area contributed by atoms with Crippen molar-refractivity contribution in [1.29, 1.82) is 0 Å². The average molecular weight is 473 g/mol. The quantitative estimate of drug-likeness (QED) is 0.300. The van der Waals surface area contributed by atoms with Crippen molar-refractivity contribution in [3.05, 3.63) is 29.3 Å². The van der Waals surface area contributed by atoms with E-state index in [4.69, 9.17) is 15.6 Å². The van der Waals surface area contributed by atoms with Crippen LogP contribution in [-0.4, -0.2) is 59.4 Å². The zero-order valence-corrected chi connectivity index (χ0v) is 19.9. The number of piperidine rings is 1. The summed E-state index contributed by atoms with van der Waals surface area (Å²) in [6, 6.07) is 5.82. The molecule has 2 fully saturated rings. The number of unbranched alkanes of at least 4 members (excludes halogenated alkanes) is 2. The number of hydrogen-bond donors (Lipinski definition) is 3. The molecule has 34 heavy (non-hydrogen) atoms. The molecule has 1 aromatic carbocycles. The minimum absolute atomic E-state index is 0.105. The van der Waals surface area contributed by atoms with E-state index in [0.717, 1.165) is 50.0 Å². The zero-order chi connectivity index (χ0) is 24.7. The van der Waals surface area contributed by atoms with E-state index in [1.165, 1.54) is 12.8 Å². The first kappa shape index (κ1) is 25.7. The highest BCUT2D eigenvalue weighted by molar-refractivity contribution is 6.06. The van der Waals surface area contributed by atoms with Gasteiger partial charge in [-0.1, -0.05) is 25.8 Å². The third-order valence-electron chi connectivity index (χ3n) is 7.16. The maximum Gasteiger partial charge on any atom is 0.290 e. The number of anilines is 1. The molecule has 1 aromatic rings. The number of carbonyl (C=O) groups excluding carboxylic acids is 3. The molecule has 1 aliphatic carbocycles. The van der Waals surface area contributed by atoms with Crippen molar-refractivity contribution >= 4 is 29.9 Å². The molecule has 3 aliphatic rings. The number of hydrogen-bond acceptors (Lipinski definition) is 6. The summed E-state index contributed by atoms with van der Waals surface area (Å²) in [5, 5.41) is 9.28. The first-order valence-corrected chi connectivity index (χ1v) is 12.3. The summed E-state index contributed by atoms with van der Waals surface area (Å²) in [7, 11) is 0. The van der Waals surface area contributed by atoms with E-state index >= 15 is 0 Å². The van der Waals surface area contributed by atoms with Crippen LogP contribution in [0.5, 0.6) is 0 Å². The lowest BCUT2D eigenvalue weighted by Gasteiger charge is -2.33. The lowest BCUT2D eigenvalue weighted by atomic mass is 10.0. The van der Waals surface area contributed by atoms with Gasteiger partial charge < -0.3 is 20.6 Å². The molecule has 2 heterocycles. The van der Waals surface area contributed by atoms with Crippen molar-refractivity contribution in [2.24, 2.45) is 11.7 Å². The van der Waals surface area contributed by atoms with Crippen LogP contribution in [0.3, 0.4) is 0 Å². The van der Waals surface area contributed by atoms with Crippen LogP contribution in [0.4, 0.5) is 5.69 Å². The minimum atomic E-state index is -0.577. The minimum Gasteiger partial charge on any atom is -0.483 e. The van der Waals surface area contributed by atoms with Gasteiger partial charge in [0.15, 0.2) is 0 Å². The molecular weight excluding hydrogens is 436 g/mol. The predicted molar refractivity (Wildman–Crippen MR) is 128 cm³/mol. The largest absolute Gasteiger partial charge is 0.483 e. The monoisotopic (exact) mass is 472 g/mol. The van der Waals surface area contributed by atoms with Crippen LogP contribution in [-0.2, 0) is 20.9 Å².